The first-order valence-corrected chi connectivity index (χ1v) is 8.31. The molecule has 1 fully saturated rings. The molecule has 1 amide bonds. The molecule has 0 aliphatic carbocycles. The molecule has 3 rings (SSSR count). The van der Waals surface area contributed by atoms with Crippen LogP contribution in [0.15, 0.2) is 24.3 Å². The maximum Gasteiger partial charge on any atom is 0.241 e. The Bertz CT molecular complexity index is 504. The van der Waals surface area contributed by atoms with E-state index in [0.29, 0.717) is 18.6 Å². The fraction of sp³-hybridized carbons (Fsp3) is 0.611. The SMILES string of the molecule is CC1CCCC(C)N1CC(=O)N1CCCc2ccccc21. The average molecular weight is 286 g/mol. The van der Waals surface area contributed by atoms with Crippen molar-refractivity contribution in [2.24, 2.45) is 0 Å². The summed E-state index contributed by atoms with van der Waals surface area (Å²) in [5.41, 5.74) is 2.45. The number of carbonyl (C=O) groups is 1. The molecule has 0 N–H and O–H groups in total. The van der Waals surface area contributed by atoms with E-state index in [-0.39, 0.29) is 5.91 Å². The molecule has 2 aliphatic heterocycles. The van der Waals surface area contributed by atoms with Crippen molar-refractivity contribution >= 4 is 11.6 Å². The van der Waals surface area contributed by atoms with Gasteiger partial charge in [0.05, 0.1) is 6.54 Å². The molecule has 114 valence electrons. The smallest absolute Gasteiger partial charge is 0.241 e. The highest BCUT2D eigenvalue weighted by Crippen LogP contribution is 2.28. The van der Waals surface area contributed by atoms with Crippen LogP contribution in [0.4, 0.5) is 5.69 Å². The molecule has 1 saturated heterocycles. The zero-order valence-electron chi connectivity index (χ0n) is 13.2. The Labute approximate surface area is 127 Å². The van der Waals surface area contributed by atoms with Gasteiger partial charge in [-0.1, -0.05) is 24.6 Å². The molecule has 3 nitrogen and oxygen atoms in total. The average Bonchev–Trinajstić information content (AvgIpc) is 2.50. The predicted molar refractivity (Wildman–Crippen MR) is 86.6 cm³/mol. The summed E-state index contributed by atoms with van der Waals surface area (Å²) in [4.78, 5) is 17.2. The third-order valence-electron chi connectivity index (χ3n) is 5.11. The summed E-state index contributed by atoms with van der Waals surface area (Å²) in [6.07, 6.45) is 5.90. The number of nitrogens with zero attached hydrogens (tertiary/aromatic N) is 2. The third-order valence-corrected chi connectivity index (χ3v) is 5.11. The quantitative estimate of drug-likeness (QED) is 0.833. The topological polar surface area (TPSA) is 23.6 Å². The number of fused-ring (bicyclic) bond motifs is 1. The maximum absolute atomic E-state index is 12.8. The molecular formula is C18H26N2O. The summed E-state index contributed by atoms with van der Waals surface area (Å²) in [5.74, 6) is 0.266. The molecule has 2 aliphatic rings. The number of likely N-dealkylation sites (tertiary alicyclic amines) is 1. The molecule has 0 spiro atoms. The number of amides is 1. The Morgan fingerprint density at radius 3 is 2.62 bits per heavy atom. The van der Waals surface area contributed by atoms with Gasteiger partial charge >= 0.3 is 0 Å². The summed E-state index contributed by atoms with van der Waals surface area (Å²) in [5, 5.41) is 0. The first-order valence-electron chi connectivity index (χ1n) is 8.31. The minimum atomic E-state index is 0.266. The van der Waals surface area contributed by atoms with Crippen LogP contribution in [0.5, 0.6) is 0 Å². The van der Waals surface area contributed by atoms with E-state index >= 15 is 0 Å². The van der Waals surface area contributed by atoms with Crippen molar-refractivity contribution in [1.29, 1.82) is 0 Å². The number of para-hydroxylation sites is 1. The van der Waals surface area contributed by atoms with E-state index in [1.807, 2.05) is 11.0 Å². The fourth-order valence-electron chi connectivity index (χ4n) is 3.82. The number of piperidine rings is 1. The second kappa shape index (κ2) is 6.18. The minimum absolute atomic E-state index is 0.266. The van der Waals surface area contributed by atoms with Crippen LogP contribution in [-0.4, -0.2) is 36.0 Å². The molecule has 3 heteroatoms. The van der Waals surface area contributed by atoms with Crippen LogP contribution >= 0.6 is 0 Å². The molecule has 21 heavy (non-hydrogen) atoms. The van der Waals surface area contributed by atoms with Crippen molar-refractivity contribution < 1.29 is 4.79 Å². The van der Waals surface area contributed by atoms with Crippen LogP contribution in [0.1, 0.15) is 45.1 Å². The molecule has 0 saturated carbocycles. The standard InChI is InChI=1S/C18H26N2O/c1-14-7-5-8-15(2)20(14)13-18(21)19-12-6-10-16-9-3-4-11-17(16)19/h3-4,9,11,14-15H,5-8,10,12-13H2,1-2H3. The molecule has 0 bridgehead atoms. The zero-order chi connectivity index (χ0) is 14.8. The number of anilines is 1. The Morgan fingerprint density at radius 2 is 1.86 bits per heavy atom. The molecule has 2 atom stereocenters. The summed E-state index contributed by atoms with van der Waals surface area (Å²) < 4.78 is 0. The summed E-state index contributed by atoms with van der Waals surface area (Å²) in [6, 6.07) is 9.41. The number of benzene rings is 1. The van der Waals surface area contributed by atoms with Crippen molar-refractivity contribution in [3.63, 3.8) is 0 Å². The lowest BCUT2D eigenvalue weighted by Gasteiger charge is -2.40. The van der Waals surface area contributed by atoms with E-state index in [9.17, 15) is 4.79 Å². The molecule has 2 heterocycles. The normalized spacial score (nSPS) is 26.5. The van der Waals surface area contributed by atoms with Crippen molar-refractivity contribution in [3.05, 3.63) is 29.8 Å². The van der Waals surface area contributed by atoms with E-state index in [1.165, 1.54) is 24.8 Å². The number of rotatable bonds is 2. The van der Waals surface area contributed by atoms with Crippen LogP contribution in [0.25, 0.3) is 0 Å². The lowest BCUT2D eigenvalue weighted by Crippen LogP contribution is -2.50. The van der Waals surface area contributed by atoms with Crippen LogP contribution < -0.4 is 4.90 Å². The van der Waals surface area contributed by atoms with Crippen LogP contribution in [0.3, 0.4) is 0 Å². The number of hydrogen-bond donors (Lipinski definition) is 0. The van der Waals surface area contributed by atoms with Crippen LogP contribution in [0.2, 0.25) is 0 Å². The zero-order valence-corrected chi connectivity index (χ0v) is 13.2. The predicted octanol–water partition coefficient (Wildman–Crippen LogP) is 3.23. The third kappa shape index (κ3) is 2.98. The van der Waals surface area contributed by atoms with Gasteiger partial charge in [-0.2, -0.15) is 0 Å². The molecule has 0 radical (unpaired) electrons. The lowest BCUT2D eigenvalue weighted by atomic mass is 9.97. The maximum atomic E-state index is 12.8. The Hall–Kier alpha value is -1.35. The largest absolute Gasteiger partial charge is 0.311 e. The molecule has 0 aromatic heterocycles. The van der Waals surface area contributed by atoms with Crippen molar-refractivity contribution in [2.45, 2.75) is 58.0 Å². The van der Waals surface area contributed by atoms with Gasteiger partial charge in [-0.3, -0.25) is 9.69 Å². The van der Waals surface area contributed by atoms with Gasteiger partial charge in [0.15, 0.2) is 0 Å². The van der Waals surface area contributed by atoms with Crippen LogP contribution in [0, 0.1) is 0 Å². The summed E-state index contributed by atoms with van der Waals surface area (Å²) >= 11 is 0. The highest BCUT2D eigenvalue weighted by atomic mass is 16.2. The van der Waals surface area contributed by atoms with E-state index < -0.39 is 0 Å². The fourth-order valence-corrected chi connectivity index (χ4v) is 3.82. The summed E-state index contributed by atoms with van der Waals surface area (Å²) in [7, 11) is 0. The van der Waals surface area contributed by atoms with Gasteiger partial charge in [0.25, 0.3) is 0 Å². The highest BCUT2D eigenvalue weighted by molar-refractivity contribution is 5.96. The number of hydrogen-bond acceptors (Lipinski definition) is 2. The van der Waals surface area contributed by atoms with Gasteiger partial charge in [-0.05, 0) is 51.2 Å². The molecular weight excluding hydrogens is 260 g/mol. The first-order chi connectivity index (χ1) is 10.2. The Balaban J connectivity index is 1.74. The van der Waals surface area contributed by atoms with Crippen molar-refractivity contribution in [3.8, 4) is 0 Å². The van der Waals surface area contributed by atoms with Crippen LogP contribution in [-0.2, 0) is 11.2 Å². The Morgan fingerprint density at radius 1 is 1.14 bits per heavy atom. The van der Waals surface area contributed by atoms with Crippen molar-refractivity contribution in [1.82, 2.24) is 4.90 Å². The van der Waals surface area contributed by atoms with Crippen molar-refractivity contribution in [2.75, 3.05) is 18.0 Å². The monoisotopic (exact) mass is 286 g/mol. The molecule has 1 aromatic carbocycles. The number of aryl methyl sites for hydroxylation is 1. The lowest BCUT2D eigenvalue weighted by molar-refractivity contribution is -0.121. The Kier molecular flexibility index (Phi) is 4.29. The summed E-state index contributed by atoms with van der Waals surface area (Å²) in [6.45, 7) is 5.95. The van der Waals surface area contributed by atoms with E-state index in [0.717, 1.165) is 25.1 Å². The van der Waals surface area contributed by atoms with Gasteiger partial charge in [0, 0.05) is 24.3 Å². The van der Waals surface area contributed by atoms with Gasteiger partial charge in [-0.25, -0.2) is 0 Å². The number of carbonyl (C=O) groups excluding carboxylic acids is 1. The van der Waals surface area contributed by atoms with Gasteiger partial charge in [0.1, 0.15) is 0 Å². The van der Waals surface area contributed by atoms with Gasteiger partial charge in [-0.15, -0.1) is 0 Å². The van der Waals surface area contributed by atoms with Gasteiger partial charge in [0.2, 0.25) is 5.91 Å². The highest BCUT2D eigenvalue weighted by Gasteiger charge is 2.29. The molecule has 1 aromatic rings. The first kappa shape index (κ1) is 14.6. The van der Waals surface area contributed by atoms with Gasteiger partial charge < -0.3 is 4.90 Å². The minimum Gasteiger partial charge on any atom is -0.311 e. The van der Waals surface area contributed by atoms with E-state index in [1.54, 1.807) is 0 Å². The second-order valence-corrected chi connectivity index (χ2v) is 6.58. The molecule has 2 unspecified atom stereocenters. The second-order valence-electron chi connectivity index (χ2n) is 6.58. The van der Waals surface area contributed by atoms with E-state index in [2.05, 4.69) is 36.9 Å². The van der Waals surface area contributed by atoms with E-state index in [4.69, 9.17) is 0 Å².